The van der Waals surface area contributed by atoms with Crippen LogP contribution in [0.2, 0.25) is 5.02 Å². The number of rotatable bonds is 11. The van der Waals surface area contributed by atoms with Crippen LogP contribution in [0, 0.1) is 5.82 Å². The van der Waals surface area contributed by atoms with Gasteiger partial charge in [0.05, 0.1) is 22.5 Å². The second-order valence-corrected chi connectivity index (χ2v) is 13.4. The summed E-state index contributed by atoms with van der Waals surface area (Å²) in [4.78, 5) is 29.3. The van der Waals surface area contributed by atoms with Crippen LogP contribution in [-0.2, 0) is 38.8 Å². The molecule has 242 valence electrons. The molecule has 0 heterocycles. The number of hydrogen-bond donors (Lipinski definition) is 1. The van der Waals surface area contributed by atoms with E-state index in [0.29, 0.717) is 15.9 Å². The van der Waals surface area contributed by atoms with Crippen molar-refractivity contribution < 1.29 is 35.6 Å². The van der Waals surface area contributed by atoms with Crippen molar-refractivity contribution in [2.75, 3.05) is 17.1 Å². The summed E-state index contributed by atoms with van der Waals surface area (Å²) in [6.07, 6.45) is 0.442. The summed E-state index contributed by atoms with van der Waals surface area (Å²) in [5.74, 6) is -1.80. The van der Waals surface area contributed by atoms with Gasteiger partial charge in [-0.1, -0.05) is 73.3 Å². The Morgan fingerprint density at radius 2 is 1.60 bits per heavy atom. The number of carbonyl (C=O) groups is 2. The van der Waals surface area contributed by atoms with E-state index in [9.17, 15) is 35.6 Å². The molecule has 2 amide bonds. The van der Waals surface area contributed by atoms with Crippen molar-refractivity contribution in [3.63, 3.8) is 0 Å². The molecule has 1 aliphatic rings. The molecule has 13 heteroatoms. The van der Waals surface area contributed by atoms with E-state index in [2.05, 4.69) is 5.32 Å². The van der Waals surface area contributed by atoms with Crippen LogP contribution in [0.1, 0.15) is 48.8 Å². The number of halogens is 5. The number of hydrogen-bond acceptors (Lipinski definition) is 4. The molecule has 3 aromatic carbocycles. The van der Waals surface area contributed by atoms with Gasteiger partial charge >= 0.3 is 6.18 Å². The third-order valence-electron chi connectivity index (χ3n) is 7.71. The third-order valence-corrected chi connectivity index (χ3v) is 9.18. The van der Waals surface area contributed by atoms with Gasteiger partial charge < -0.3 is 10.2 Å². The van der Waals surface area contributed by atoms with E-state index in [1.807, 2.05) is 0 Å². The topological polar surface area (TPSA) is 86.8 Å². The molecule has 1 N–H and O–H groups in total. The quantitative estimate of drug-likeness (QED) is 0.242. The maximum atomic E-state index is 14.1. The van der Waals surface area contributed by atoms with Crippen molar-refractivity contribution in [3.05, 3.63) is 100 Å². The Kier molecular flexibility index (Phi) is 11.1. The van der Waals surface area contributed by atoms with Crippen LogP contribution in [0.15, 0.2) is 72.8 Å². The first-order valence-corrected chi connectivity index (χ1v) is 16.7. The van der Waals surface area contributed by atoms with Crippen LogP contribution in [0.4, 0.5) is 23.2 Å². The molecule has 0 radical (unpaired) electrons. The molecule has 0 spiro atoms. The maximum Gasteiger partial charge on any atom is 0.417 e. The highest BCUT2D eigenvalue weighted by Crippen LogP contribution is 2.37. The Morgan fingerprint density at radius 3 is 2.20 bits per heavy atom. The number of alkyl halides is 3. The van der Waals surface area contributed by atoms with E-state index in [0.717, 1.165) is 56.1 Å². The second-order valence-electron chi connectivity index (χ2n) is 11.1. The van der Waals surface area contributed by atoms with E-state index >= 15 is 0 Å². The number of amides is 2. The van der Waals surface area contributed by atoms with Gasteiger partial charge in [0.15, 0.2) is 0 Å². The van der Waals surface area contributed by atoms with Crippen LogP contribution in [0.3, 0.4) is 0 Å². The summed E-state index contributed by atoms with van der Waals surface area (Å²) >= 11 is 5.76. The minimum Gasteiger partial charge on any atom is -0.352 e. The number of sulfonamides is 1. The minimum absolute atomic E-state index is 0.0738. The summed E-state index contributed by atoms with van der Waals surface area (Å²) < 4.78 is 81.1. The molecule has 0 saturated heterocycles. The van der Waals surface area contributed by atoms with Gasteiger partial charge in [-0.3, -0.25) is 13.9 Å². The summed E-state index contributed by atoms with van der Waals surface area (Å²) in [5, 5.41) is 2.42. The van der Waals surface area contributed by atoms with Gasteiger partial charge in [0.2, 0.25) is 21.8 Å². The molecule has 1 aliphatic carbocycles. The van der Waals surface area contributed by atoms with E-state index in [-0.39, 0.29) is 19.0 Å². The molecule has 45 heavy (non-hydrogen) atoms. The van der Waals surface area contributed by atoms with E-state index in [4.69, 9.17) is 11.6 Å². The monoisotopic (exact) mass is 667 g/mol. The molecule has 1 atom stereocenters. The Balaban J connectivity index is 1.75. The molecule has 1 saturated carbocycles. The summed E-state index contributed by atoms with van der Waals surface area (Å²) in [6.45, 7) is -1.10. The maximum absolute atomic E-state index is 14.1. The van der Waals surface area contributed by atoms with Crippen molar-refractivity contribution >= 4 is 39.1 Å². The molecular formula is C32H34ClF4N3O4S. The number of nitrogens with zero attached hydrogens (tertiary/aromatic N) is 2. The van der Waals surface area contributed by atoms with Gasteiger partial charge in [-0.25, -0.2) is 12.8 Å². The molecule has 7 nitrogen and oxygen atoms in total. The van der Waals surface area contributed by atoms with Gasteiger partial charge in [-0.15, -0.1) is 0 Å². The summed E-state index contributed by atoms with van der Waals surface area (Å²) in [7, 11) is -4.30. The molecule has 1 unspecified atom stereocenters. The van der Waals surface area contributed by atoms with Crippen LogP contribution in [-0.4, -0.2) is 50.0 Å². The normalized spacial score (nSPS) is 14.9. The number of benzene rings is 3. The van der Waals surface area contributed by atoms with E-state index < -0.39 is 62.7 Å². The van der Waals surface area contributed by atoms with Crippen LogP contribution in [0.25, 0.3) is 0 Å². The highest BCUT2D eigenvalue weighted by Gasteiger charge is 2.37. The minimum atomic E-state index is -4.88. The zero-order valence-electron chi connectivity index (χ0n) is 24.6. The Labute approximate surface area is 265 Å². The summed E-state index contributed by atoms with van der Waals surface area (Å²) in [6, 6.07) is 15.5. The Hall–Kier alpha value is -3.64. The number of nitrogens with one attached hydrogen (secondary N) is 1. The Bertz CT molecular complexity index is 1580. The lowest BCUT2D eigenvalue weighted by molar-refractivity contribution is -0.140. The fraction of sp³-hybridized carbons (Fsp3) is 0.375. The predicted octanol–water partition coefficient (Wildman–Crippen LogP) is 6.35. The first-order chi connectivity index (χ1) is 21.2. The first-order valence-electron chi connectivity index (χ1n) is 14.4. The second kappa shape index (κ2) is 14.6. The van der Waals surface area contributed by atoms with Gasteiger partial charge in [0, 0.05) is 19.0 Å². The highest BCUT2D eigenvalue weighted by atomic mass is 35.5. The summed E-state index contributed by atoms with van der Waals surface area (Å²) in [5.41, 5.74) is -0.494. The molecule has 4 rings (SSSR count). The first kappa shape index (κ1) is 34.2. The zero-order chi connectivity index (χ0) is 32.8. The molecule has 1 fully saturated rings. The van der Waals surface area contributed by atoms with E-state index in [1.54, 1.807) is 30.3 Å². The van der Waals surface area contributed by atoms with E-state index in [1.165, 1.54) is 29.2 Å². The van der Waals surface area contributed by atoms with Crippen molar-refractivity contribution in [2.24, 2.45) is 0 Å². The number of carbonyl (C=O) groups excluding carboxylic acids is 2. The smallest absolute Gasteiger partial charge is 0.352 e. The fourth-order valence-electron chi connectivity index (χ4n) is 5.38. The lowest BCUT2D eigenvalue weighted by atomic mass is 9.94. The molecule has 3 aromatic rings. The number of anilines is 1. The van der Waals surface area contributed by atoms with Crippen molar-refractivity contribution in [1.29, 1.82) is 0 Å². The molecule has 0 bridgehead atoms. The molecular weight excluding hydrogens is 634 g/mol. The lowest BCUT2D eigenvalue weighted by Crippen LogP contribution is -2.55. The predicted molar refractivity (Wildman–Crippen MR) is 165 cm³/mol. The zero-order valence-corrected chi connectivity index (χ0v) is 26.1. The molecule has 0 aromatic heterocycles. The van der Waals surface area contributed by atoms with Crippen LogP contribution in [0.5, 0.6) is 0 Å². The Morgan fingerprint density at radius 1 is 0.956 bits per heavy atom. The van der Waals surface area contributed by atoms with Gasteiger partial charge in [0.25, 0.3) is 0 Å². The molecule has 0 aliphatic heterocycles. The standard InChI is InChI=1S/C32H34ClF4N3O4S/c1-45(43,44)40(26-16-17-28(33)27(19-26)32(35,36)37)21-30(41)39(20-23-12-14-24(34)15-13-23)29(18-22-8-4-2-5-9-22)31(42)38-25-10-6-3-7-11-25/h2,4-5,8-9,12-17,19,25,29H,3,6-7,10-11,18,20-21H2,1H3,(H,38,42). The van der Waals surface area contributed by atoms with Crippen molar-refractivity contribution in [3.8, 4) is 0 Å². The van der Waals surface area contributed by atoms with Gasteiger partial charge in [0.1, 0.15) is 18.4 Å². The van der Waals surface area contributed by atoms with Crippen molar-refractivity contribution in [2.45, 2.75) is 63.3 Å². The SMILES string of the molecule is CS(=O)(=O)N(CC(=O)N(Cc1ccc(F)cc1)C(Cc1ccccc1)C(=O)NC1CCCCC1)c1ccc(Cl)c(C(F)(F)F)c1. The van der Waals surface area contributed by atoms with Crippen LogP contribution < -0.4 is 9.62 Å². The third kappa shape index (κ3) is 9.43. The largest absolute Gasteiger partial charge is 0.417 e. The van der Waals surface area contributed by atoms with Crippen LogP contribution >= 0.6 is 11.6 Å². The average molecular weight is 668 g/mol. The van der Waals surface area contributed by atoms with Gasteiger partial charge in [-0.05, 0) is 54.3 Å². The lowest BCUT2D eigenvalue weighted by Gasteiger charge is -2.35. The van der Waals surface area contributed by atoms with Crippen molar-refractivity contribution in [1.82, 2.24) is 10.2 Å². The highest BCUT2D eigenvalue weighted by molar-refractivity contribution is 7.92. The average Bonchev–Trinajstić information content (AvgIpc) is 2.99. The fourth-order valence-corrected chi connectivity index (χ4v) is 6.45. The van der Waals surface area contributed by atoms with Gasteiger partial charge in [-0.2, -0.15) is 13.2 Å².